The third-order valence-electron chi connectivity index (χ3n) is 5.20. The average Bonchev–Trinajstić information content (AvgIpc) is 2.79. The predicted molar refractivity (Wildman–Crippen MR) is 71.0 cm³/mol. The molecule has 1 heterocycles. The van der Waals surface area contributed by atoms with Crippen molar-refractivity contribution in [1.29, 1.82) is 0 Å². The van der Waals surface area contributed by atoms with Crippen molar-refractivity contribution in [2.24, 2.45) is 17.6 Å². The third-order valence-corrected chi connectivity index (χ3v) is 5.20. The van der Waals surface area contributed by atoms with Crippen LogP contribution in [0.4, 0.5) is 0 Å². The van der Waals surface area contributed by atoms with Crippen LogP contribution >= 0.6 is 0 Å². The molecule has 17 heavy (non-hydrogen) atoms. The molecule has 0 radical (unpaired) electrons. The molecule has 0 aromatic carbocycles. The molecule has 0 amide bonds. The van der Waals surface area contributed by atoms with E-state index < -0.39 is 0 Å². The first-order chi connectivity index (χ1) is 8.12. The topological polar surface area (TPSA) is 38.5 Å². The lowest BCUT2D eigenvalue weighted by molar-refractivity contribution is 0.00365. The largest absolute Gasteiger partial charge is 0.380 e. The Morgan fingerprint density at radius 3 is 2.65 bits per heavy atom. The molecule has 1 saturated carbocycles. The molecule has 1 aliphatic carbocycles. The van der Waals surface area contributed by atoms with Gasteiger partial charge in [0.25, 0.3) is 0 Å². The number of hydrogen-bond donors (Lipinski definition) is 1. The van der Waals surface area contributed by atoms with Crippen LogP contribution in [0.25, 0.3) is 0 Å². The summed E-state index contributed by atoms with van der Waals surface area (Å²) in [6, 6.07) is 0. The highest BCUT2D eigenvalue weighted by Crippen LogP contribution is 2.41. The lowest BCUT2D eigenvalue weighted by atomic mass is 9.69. The highest BCUT2D eigenvalue weighted by molar-refractivity contribution is 5.02. The normalized spacial score (nSPS) is 44.1. The van der Waals surface area contributed by atoms with Gasteiger partial charge in [0, 0.05) is 32.3 Å². The van der Waals surface area contributed by atoms with Crippen LogP contribution in [0, 0.1) is 11.8 Å². The van der Waals surface area contributed by atoms with Gasteiger partial charge in [-0.1, -0.05) is 13.8 Å². The first-order valence-electron chi connectivity index (χ1n) is 7.10. The van der Waals surface area contributed by atoms with Crippen molar-refractivity contribution in [3.63, 3.8) is 0 Å². The summed E-state index contributed by atoms with van der Waals surface area (Å²) < 4.78 is 5.50. The van der Waals surface area contributed by atoms with E-state index in [9.17, 15) is 0 Å². The molecule has 0 aromatic rings. The van der Waals surface area contributed by atoms with E-state index in [-0.39, 0.29) is 5.54 Å². The van der Waals surface area contributed by atoms with Crippen LogP contribution in [0.15, 0.2) is 0 Å². The third kappa shape index (κ3) is 2.38. The minimum Gasteiger partial charge on any atom is -0.380 e. The standard InChI is InChI=1S/C14H28N2O/c1-11-4-6-14(10-15,12(2)8-11)16-7-5-13(9-16)17-3/h11-13H,4-10,15H2,1-3H3. The molecule has 1 aliphatic heterocycles. The molecule has 2 fully saturated rings. The molecular formula is C14H28N2O. The van der Waals surface area contributed by atoms with Crippen LogP contribution in [0.1, 0.15) is 39.5 Å². The summed E-state index contributed by atoms with van der Waals surface area (Å²) in [5.41, 5.74) is 6.41. The molecule has 2 rings (SSSR count). The Kier molecular flexibility index (Phi) is 4.11. The monoisotopic (exact) mass is 240 g/mol. The van der Waals surface area contributed by atoms with Gasteiger partial charge in [-0.05, 0) is 37.5 Å². The van der Waals surface area contributed by atoms with Gasteiger partial charge >= 0.3 is 0 Å². The van der Waals surface area contributed by atoms with Gasteiger partial charge in [-0.2, -0.15) is 0 Å². The summed E-state index contributed by atoms with van der Waals surface area (Å²) in [4.78, 5) is 2.62. The summed E-state index contributed by atoms with van der Waals surface area (Å²) >= 11 is 0. The van der Waals surface area contributed by atoms with E-state index in [1.807, 2.05) is 7.11 Å². The maximum atomic E-state index is 6.16. The molecule has 0 aromatic heterocycles. The van der Waals surface area contributed by atoms with Crippen LogP contribution in [0.2, 0.25) is 0 Å². The van der Waals surface area contributed by atoms with Crippen molar-refractivity contribution in [2.75, 3.05) is 26.7 Å². The Morgan fingerprint density at radius 2 is 2.12 bits per heavy atom. The second-order valence-electron chi connectivity index (χ2n) is 6.18. The fourth-order valence-corrected chi connectivity index (χ4v) is 3.91. The zero-order chi connectivity index (χ0) is 12.5. The fraction of sp³-hybridized carbons (Fsp3) is 1.00. The Hall–Kier alpha value is -0.120. The molecule has 4 unspecified atom stereocenters. The first kappa shape index (κ1) is 13.3. The number of hydrogen-bond acceptors (Lipinski definition) is 3. The zero-order valence-corrected chi connectivity index (χ0v) is 11.6. The van der Waals surface area contributed by atoms with Crippen molar-refractivity contribution < 1.29 is 4.74 Å². The molecule has 100 valence electrons. The molecular weight excluding hydrogens is 212 g/mol. The van der Waals surface area contributed by atoms with E-state index in [1.54, 1.807) is 0 Å². The number of ether oxygens (including phenoxy) is 1. The number of likely N-dealkylation sites (tertiary alicyclic amines) is 1. The number of nitrogens with zero attached hydrogens (tertiary/aromatic N) is 1. The van der Waals surface area contributed by atoms with Gasteiger partial charge in [0.15, 0.2) is 0 Å². The second-order valence-corrected chi connectivity index (χ2v) is 6.18. The lowest BCUT2D eigenvalue weighted by Gasteiger charge is -2.50. The Bertz CT molecular complexity index is 259. The predicted octanol–water partition coefficient (Wildman–Crippen LogP) is 1.86. The van der Waals surface area contributed by atoms with Gasteiger partial charge in [0.05, 0.1) is 6.10 Å². The number of rotatable bonds is 3. The molecule has 0 bridgehead atoms. The van der Waals surface area contributed by atoms with Gasteiger partial charge in [-0.3, -0.25) is 4.90 Å². The average molecular weight is 240 g/mol. The van der Waals surface area contributed by atoms with Gasteiger partial charge in [-0.15, -0.1) is 0 Å². The van der Waals surface area contributed by atoms with E-state index >= 15 is 0 Å². The number of methoxy groups -OCH3 is 1. The van der Waals surface area contributed by atoms with Crippen molar-refractivity contribution >= 4 is 0 Å². The summed E-state index contributed by atoms with van der Waals surface area (Å²) in [6.07, 6.45) is 5.51. The van der Waals surface area contributed by atoms with E-state index in [1.165, 1.54) is 25.7 Å². The van der Waals surface area contributed by atoms with E-state index in [0.717, 1.165) is 25.6 Å². The minimum absolute atomic E-state index is 0.250. The molecule has 2 N–H and O–H groups in total. The quantitative estimate of drug-likeness (QED) is 0.818. The Labute approximate surface area is 106 Å². The van der Waals surface area contributed by atoms with Crippen LogP contribution < -0.4 is 5.73 Å². The number of nitrogens with two attached hydrogens (primary N) is 1. The molecule has 0 spiro atoms. The van der Waals surface area contributed by atoms with E-state index in [4.69, 9.17) is 10.5 Å². The van der Waals surface area contributed by atoms with Crippen molar-refractivity contribution in [2.45, 2.75) is 51.2 Å². The Morgan fingerprint density at radius 1 is 1.35 bits per heavy atom. The molecule has 2 aliphatic rings. The summed E-state index contributed by atoms with van der Waals surface area (Å²) in [5, 5.41) is 0. The molecule has 4 atom stereocenters. The summed E-state index contributed by atoms with van der Waals surface area (Å²) in [5.74, 6) is 1.58. The molecule has 1 saturated heterocycles. The van der Waals surface area contributed by atoms with Crippen LogP contribution in [-0.2, 0) is 4.74 Å². The Balaban J connectivity index is 2.09. The van der Waals surface area contributed by atoms with Gasteiger partial charge < -0.3 is 10.5 Å². The van der Waals surface area contributed by atoms with Gasteiger partial charge in [-0.25, -0.2) is 0 Å². The smallest absolute Gasteiger partial charge is 0.0710 e. The van der Waals surface area contributed by atoms with Crippen molar-refractivity contribution in [1.82, 2.24) is 4.90 Å². The van der Waals surface area contributed by atoms with Crippen LogP contribution in [-0.4, -0.2) is 43.3 Å². The second kappa shape index (κ2) is 5.25. The minimum atomic E-state index is 0.250. The van der Waals surface area contributed by atoms with Gasteiger partial charge in [0.1, 0.15) is 0 Å². The zero-order valence-electron chi connectivity index (χ0n) is 11.6. The maximum absolute atomic E-state index is 6.16. The van der Waals surface area contributed by atoms with Gasteiger partial charge in [0.2, 0.25) is 0 Å². The van der Waals surface area contributed by atoms with Crippen molar-refractivity contribution in [3.05, 3.63) is 0 Å². The summed E-state index contributed by atoms with van der Waals surface area (Å²) in [6.45, 7) is 7.81. The van der Waals surface area contributed by atoms with E-state index in [2.05, 4.69) is 18.7 Å². The van der Waals surface area contributed by atoms with Crippen LogP contribution in [0.3, 0.4) is 0 Å². The lowest BCUT2D eigenvalue weighted by Crippen LogP contribution is -2.59. The SMILES string of the molecule is COC1CCN(C2(CN)CCC(C)CC2C)C1. The fourth-order valence-electron chi connectivity index (χ4n) is 3.91. The van der Waals surface area contributed by atoms with E-state index in [0.29, 0.717) is 12.0 Å². The summed E-state index contributed by atoms with van der Waals surface area (Å²) in [7, 11) is 1.83. The molecule has 3 heteroatoms. The maximum Gasteiger partial charge on any atom is 0.0710 e. The van der Waals surface area contributed by atoms with Crippen LogP contribution in [0.5, 0.6) is 0 Å². The molecule has 3 nitrogen and oxygen atoms in total. The van der Waals surface area contributed by atoms with Crippen molar-refractivity contribution in [3.8, 4) is 0 Å². The highest BCUT2D eigenvalue weighted by Gasteiger charge is 2.45. The first-order valence-corrected chi connectivity index (χ1v) is 7.10. The highest BCUT2D eigenvalue weighted by atomic mass is 16.5.